The van der Waals surface area contributed by atoms with E-state index in [-0.39, 0.29) is 6.09 Å². The molecule has 0 aromatic heterocycles. The first-order valence-corrected chi connectivity index (χ1v) is 10.1. The molecule has 0 aliphatic rings. The highest BCUT2D eigenvalue weighted by molar-refractivity contribution is 7.80. The van der Waals surface area contributed by atoms with Crippen molar-refractivity contribution in [3.8, 4) is 0 Å². The summed E-state index contributed by atoms with van der Waals surface area (Å²) < 4.78 is 5.17. The number of benzene rings is 1. The monoisotopic (exact) mass is 394 g/mol. The van der Waals surface area contributed by atoms with Crippen molar-refractivity contribution in [2.24, 2.45) is 0 Å². The van der Waals surface area contributed by atoms with Crippen molar-refractivity contribution >= 4 is 23.4 Å². The highest BCUT2D eigenvalue weighted by atomic mass is 32.1. The molecule has 3 N–H and O–H groups in total. The lowest BCUT2D eigenvalue weighted by molar-refractivity contribution is 0.139. The van der Waals surface area contributed by atoms with Gasteiger partial charge < -0.3 is 25.6 Å². The first kappa shape index (κ1) is 23.2. The van der Waals surface area contributed by atoms with Gasteiger partial charge in [0.1, 0.15) is 6.61 Å². The zero-order valence-electron chi connectivity index (χ0n) is 16.6. The molecule has 0 saturated heterocycles. The maximum absolute atomic E-state index is 11.6. The van der Waals surface area contributed by atoms with Crippen molar-refractivity contribution in [3.05, 3.63) is 35.9 Å². The van der Waals surface area contributed by atoms with Gasteiger partial charge in [0.2, 0.25) is 0 Å². The summed E-state index contributed by atoms with van der Waals surface area (Å²) in [6.45, 7) is 3.79. The summed E-state index contributed by atoms with van der Waals surface area (Å²) in [6, 6.07) is 9.67. The highest BCUT2D eigenvalue weighted by Gasteiger charge is 2.01. The van der Waals surface area contributed by atoms with Gasteiger partial charge in [0.25, 0.3) is 0 Å². The summed E-state index contributed by atoms with van der Waals surface area (Å²) >= 11 is 5.24. The van der Waals surface area contributed by atoms with Gasteiger partial charge in [0, 0.05) is 19.6 Å². The Hall–Kier alpha value is -1.86. The van der Waals surface area contributed by atoms with Crippen molar-refractivity contribution in [2.45, 2.75) is 38.7 Å². The second kappa shape index (κ2) is 15.2. The molecule has 1 aromatic rings. The first-order valence-electron chi connectivity index (χ1n) is 9.69. The molecule has 152 valence electrons. The van der Waals surface area contributed by atoms with Crippen molar-refractivity contribution in [1.29, 1.82) is 0 Å². The van der Waals surface area contributed by atoms with Crippen molar-refractivity contribution in [2.75, 3.05) is 40.3 Å². The smallest absolute Gasteiger partial charge is 0.407 e. The molecule has 1 rings (SSSR count). The molecule has 1 aromatic carbocycles. The summed E-state index contributed by atoms with van der Waals surface area (Å²) in [5, 5.41) is 9.97. The molecule has 7 heteroatoms. The number of nitrogens with zero attached hydrogens (tertiary/aromatic N) is 1. The number of nitrogens with one attached hydrogen (secondary N) is 3. The summed E-state index contributed by atoms with van der Waals surface area (Å²) in [7, 11) is 4.14. The van der Waals surface area contributed by atoms with Crippen molar-refractivity contribution < 1.29 is 9.53 Å². The number of ether oxygens (including phenoxy) is 1. The molecule has 0 unspecified atom stereocenters. The molecule has 0 saturated carbocycles. The summed E-state index contributed by atoms with van der Waals surface area (Å²) in [5.41, 5.74) is 0.991. The molecule has 1 amide bonds. The molecule has 6 nitrogen and oxygen atoms in total. The molecule has 0 spiro atoms. The molecular weight excluding hydrogens is 360 g/mol. The number of hydrogen-bond acceptors (Lipinski definition) is 4. The predicted molar refractivity (Wildman–Crippen MR) is 115 cm³/mol. The number of alkyl carbamates (subject to hydrolysis) is 1. The standard InChI is InChI=1S/C20H34N4O2S/c1-24(2)16-10-15-22-19(27)21-13-8-3-4-9-14-23-20(25)26-17-18-11-6-5-7-12-18/h5-7,11-12H,3-4,8-10,13-17H2,1-2H3,(H,23,25)(H2,21,22,27). The van der Waals surface area contributed by atoms with Gasteiger partial charge in [-0.15, -0.1) is 0 Å². The van der Waals surface area contributed by atoms with Gasteiger partial charge in [-0.1, -0.05) is 43.2 Å². The van der Waals surface area contributed by atoms with E-state index in [1.807, 2.05) is 30.3 Å². The van der Waals surface area contributed by atoms with E-state index >= 15 is 0 Å². The number of thiocarbonyl (C=S) groups is 1. The van der Waals surface area contributed by atoms with Gasteiger partial charge in [0.05, 0.1) is 0 Å². The van der Waals surface area contributed by atoms with Crippen LogP contribution in [-0.4, -0.2) is 56.4 Å². The minimum absolute atomic E-state index is 0.307. The van der Waals surface area contributed by atoms with Crippen LogP contribution in [0.4, 0.5) is 4.79 Å². The van der Waals surface area contributed by atoms with E-state index < -0.39 is 0 Å². The molecule has 0 radical (unpaired) electrons. The number of unbranched alkanes of at least 4 members (excludes halogenated alkanes) is 3. The van der Waals surface area contributed by atoms with Crippen LogP contribution in [-0.2, 0) is 11.3 Å². The lowest BCUT2D eigenvalue weighted by Crippen LogP contribution is -2.37. The number of carbonyl (C=O) groups is 1. The number of hydrogen-bond donors (Lipinski definition) is 3. The minimum Gasteiger partial charge on any atom is -0.445 e. The third-order valence-corrected chi connectivity index (χ3v) is 4.23. The van der Waals surface area contributed by atoms with Crippen molar-refractivity contribution in [3.63, 3.8) is 0 Å². The molecule has 0 fully saturated rings. The fourth-order valence-electron chi connectivity index (χ4n) is 2.43. The Morgan fingerprint density at radius 2 is 1.52 bits per heavy atom. The normalized spacial score (nSPS) is 10.5. The van der Waals surface area contributed by atoms with Gasteiger partial charge in [0.15, 0.2) is 5.11 Å². The number of carbonyl (C=O) groups excluding carboxylic acids is 1. The van der Waals surface area contributed by atoms with Crippen LogP contribution >= 0.6 is 12.2 Å². The average Bonchev–Trinajstić information content (AvgIpc) is 2.66. The van der Waals surface area contributed by atoms with Gasteiger partial charge in [-0.25, -0.2) is 4.79 Å². The Kier molecular flexibility index (Phi) is 13.1. The van der Waals surface area contributed by atoms with E-state index in [0.29, 0.717) is 13.2 Å². The van der Waals surface area contributed by atoms with E-state index in [2.05, 4.69) is 34.9 Å². The van der Waals surface area contributed by atoms with Crippen LogP contribution in [0.25, 0.3) is 0 Å². The van der Waals surface area contributed by atoms with Crippen LogP contribution in [0.1, 0.15) is 37.7 Å². The Morgan fingerprint density at radius 3 is 2.15 bits per heavy atom. The third-order valence-electron chi connectivity index (χ3n) is 3.94. The Labute approximate surface area is 169 Å². The van der Waals surface area contributed by atoms with Crippen LogP contribution in [0.3, 0.4) is 0 Å². The van der Waals surface area contributed by atoms with Crippen LogP contribution in [0.2, 0.25) is 0 Å². The fourth-order valence-corrected chi connectivity index (χ4v) is 2.63. The van der Waals surface area contributed by atoms with Crippen LogP contribution in [0.15, 0.2) is 30.3 Å². The third kappa shape index (κ3) is 13.9. The maximum Gasteiger partial charge on any atom is 0.407 e. The lowest BCUT2D eigenvalue weighted by Gasteiger charge is -2.12. The van der Waals surface area contributed by atoms with Crippen molar-refractivity contribution in [1.82, 2.24) is 20.9 Å². The van der Waals surface area contributed by atoms with E-state index in [4.69, 9.17) is 17.0 Å². The molecule has 0 atom stereocenters. The SMILES string of the molecule is CN(C)CCCNC(=S)NCCCCCCNC(=O)OCc1ccccc1. The Bertz CT molecular complexity index is 526. The summed E-state index contributed by atoms with van der Waals surface area (Å²) in [5.74, 6) is 0. The lowest BCUT2D eigenvalue weighted by atomic mass is 10.2. The number of rotatable bonds is 13. The van der Waals surface area contributed by atoms with Gasteiger partial charge in [-0.2, -0.15) is 0 Å². The molecule has 0 bridgehead atoms. The quantitative estimate of drug-likeness (QED) is 0.353. The van der Waals surface area contributed by atoms with Crippen LogP contribution < -0.4 is 16.0 Å². The molecule has 0 heterocycles. The average molecular weight is 395 g/mol. The topological polar surface area (TPSA) is 65.6 Å². The second-order valence-electron chi connectivity index (χ2n) is 6.74. The largest absolute Gasteiger partial charge is 0.445 e. The highest BCUT2D eigenvalue weighted by Crippen LogP contribution is 2.01. The van der Waals surface area contributed by atoms with Crippen LogP contribution in [0, 0.1) is 0 Å². The Balaban J connectivity index is 1.87. The summed E-state index contributed by atoms with van der Waals surface area (Å²) in [4.78, 5) is 13.8. The molecule has 27 heavy (non-hydrogen) atoms. The number of amides is 1. The predicted octanol–water partition coefficient (Wildman–Crippen LogP) is 2.89. The minimum atomic E-state index is -0.355. The summed E-state index contributed by atoms with van der Waals surface area (Å²) in [6.07, 6.45) is 4.92. The second-order valence-corrected chi connectivity index (χ2v) is 7.15. The zero-order chi connectivity index (χ0) is 19.7. The van der Waals surface area contributed by atoms with E-state index in [9.17, 15) is 4.79 Å². The van der Waals surface area contributed by atoms with E-state index in [0.717, 1.165) is 62.4 Å². The first-order chi connectivity index (χ1) is 13.1. The maximum atomic E-state index is 11.6. The molecule has 0 aliphatic heterocycles. The molecule has 0 aliphatic carbocycles. The van der Waals surface area contributed by atoms with Crippen LogP contribution in [0.5, 0.6) is 0 Å². The Morgan fingerprint density at radius 1 is 0.926 bits per heavy atom. The van der Waals surface area contributed by atoms with Gasteiger partial charge in [-0.05, 0) is 57.7 Å². The van der Waals surface area contributed by atoms with Gasteiger partial charge >= 0.3 is 6.09 Å². The van der Waals surface area contributed by atoms with E-state index in [1.54, 1.807) is 0 Å². The fraction of sp³-hybridized carbons (Fsp3) is 0.600. The van der Waals surface area contributed by atoms with Gasteiger partial charge in [-0.3, -0.25) is 0 Å². The van der Waals surface area contributed by atoms with E-state index in [1.165, 1.54) is 0 Å². The molecular formula is C20H34N4O2S. The zero-order valence-corrected chi connectivity index (χ0v) is 17.4.